The Morgan fingerprint density at radius 3 is 2.38 bits per heavy atom. The molecular formula is C10H8FNS. The second-order valence-electron chi connectivity index (χ2n) is 2.64. The van der Waals surface area contributed by atoms with Gasteiger partial charge >= 0.3 is 0 Å². The molecule has 0 aliphatic rings. The van der Waals surface area contributed by atoms with Crippen molar-refractivity contribution in [1.82, 2.24) is 0 Å². The highest BCUT2D eigenvalue weighted by Crippen LogP contribution is 2.18. The lowest BCUT2D eigenvalue weighted by Crippen LogP contribution is -1.87. The zero-order chi connectivity index (χ0) is 9.10. The molecular weight excluding hydrogens is 185 g/mol. The Labute approximate surface area is 79.8 Å². The van der Waals surface area contributed by atoms with E-state index in [0.29, 0.717) is 0 Å². The fourth-order valence-electron chi connectivity index (χ4n) is 1.04. The first kappa shape index (κ1) is 8.26. The lowest BCUT2D eigenvalue weighted by Gasteiger charge is -2.02. The molecule has 1 nitrogen and oxygen atoms in total. The van der Waals surface area contributed by atoms with Gasteiger partial charge in [0.15, 0.2) is 0 Å². The number of rotatable bonds is 2. The lowest BCUT2D eigenvalue weighted by atomic mass is 10.3. The quantitative estimate of drug-likeness (QED) is 0.768. The third-order valence-corrected chi connectivity index (χ3v) is 2.34. The molecule has 66 valence electrons. The van der Waals surface area contributed by atoms with E-state index in [1.54, 1.807) is 23.5 Å². The Kier molecular flexibility index (Phi) is 2.27. The van der Waals surface area contributed by atoms with Crippen LogP contribution in [-0.4, -0.2) is 0 Å². The summed E-state index contributed by atoms with van der Waals surface area (Å²) in [6, 6.07) is 8.29. The fraction of sp³-hybridized carbons (Fsp3) is 0. The predicted molar refractivity (Wildman–Crippen MR) is 54.0 cm³/mol. The van der Waals surface area contributed by atoms with Crippen LogP contribution in [0.15, 0.2) is 41.1 Å². The lowest BCUT2D eigenvalue weighted by molar-refractivity contribution is 0.628. The summed E-state index contributed by atoms with van der Waals surface area (Å²) in [6.45, 7) is 0. The number of thiophene rings is 1. The summed E-state index contributed by atoms with van der Waals surface area (Å²) in [4.78, 5) is 0. The maximum Gasteiger partial charge on any atom is 0.123 e. The molecule has 0 saturated heterocycles. The van der Waals surface area contributed by atoms with Crippen LogP contribution >= 0.6 is 11.3 Å². The SMILES string of the molecule is Fc1ccc(Nc2ccsc2)cc1. The van der Waals surface area contributed by atoms with Crippen LogP contribution in [0.2, 0.25) is 0 Å². The largest absolute Gasteiger partial charge is 0.355 e. The highest BCUT2D eigenvalue weighted by molar-refractivity contribution is 7.08. The summed E-state index contributed by atoms with van der Waals surface area (Å²) in [6.07, 6.45) is 0. The van der Waals surface area contributed by atoms with E-state index < -0.39 is 0 Å². The maximum atomic E-state index is 12.5. The molecule has 0 saturated carbocycles. The molecule has 0 bridgehead atoms. The van der Waals surface area contributed by atoms with Gasteiger partial charge in [0.05, 0.1) is 0 Å². The monoisotopic (exact) mass is 193 g/mol. The summed E-state index contributed by atoms with van der Waals surface area (Å²) in [7, 11) is 0. The second kappa shape index (κ2) is 3.58. The molecule has 0 atom stereocenters. The highest BCUT2D eigenvalue weighted by Gasteiger charge is 1.94. The van der Waals surface area contributed by atoms with Gasteiger partial charge < -0.3 is 5.32 Å². The van der Waals surface area contributed by atoms with E-state index in [1.165, 1.54) is 12.1 Å². The number of anilines is 2. The van der Waals surface area contributed by atoms with Crippen molar-refractivity contribution in [3.05, 3.63) is 46.9 Å². The van der Waals surface area contributed by atoms with Crippen molar-refractivity contribution in [1.29, 1.82) is 0 Å². The number of nitrogens with one attached hydrogen (secondary N) is 1. The Morgan fingerprint density at radius 2 is 1.77 bits per heavy atom. The smallest absolute Gasteiger partial charge is 0.123 e. The van der Waals surface area contributed by atoms with Gasteiger partial charge in [-0.2, -0.15) is 11.3 Å². The summed E-state index contributed by atoms with van der Waals surface area (Å²) < 4.78 is 12.5. The van der Waals surface area contributed by atoms with Crippen LogP contribution in [0.1, 0.15) is 0 Å². The first-order chi connectivity index (χ1) is 6.34. The zero-order valence-corrected chi connectivity index (χ0v) is 7.64. The van der Waals surface area contributed by atoms with Crippen LogP contribution < -0.4 is 5.32 Å². The van der Waals surface area contributed by atoms with Gasteiger partial charge in [0.25, 0.3) is 0 Å². The third kappa shape index (κ3) is 2.06. The van der Waals surface area contributed by atoms with E-state index in [2.05, 4.69) is 5.32 Å². The highest BCUT2D eigenvalue weighted by atomic mass is 32.1. The molecule has 0 aliphatic heterocycles. The summed E-state index contributed by atoms with van der Waals surface area (Å²) >= 11 is 1.63. The molecule has 0 radical (unpaired) electrons. The van der Waals surface area contributed by atoms with Gasteiger partial charge in [0, 0.05) is 16.8 Å². The molecule has 1 heterocycles. The van der Waals surface area contributed by atoms with Gasteiger partial charge in [-0.15, -0.1) is 0 Å². The Balaban J connectivity index is 2.15. The van der Waals surface area contributed by atoms with Crippen molar-refractivity contribution in [2.45, 2.75) is 0 Å². The van der Waals surface area contributed by atoms with Gasteiger partial charge in [0.1, 0.15) is 5.82 Å². The summed E-state index contributed by atoms with van der Waals surface area (Å²) in [5.41, 5.74) is 1.94. The first-order valence-electron chi connectivity index (χ1n) is 3.89. The standard InChI is InChI=1S/C10H8FNS/c11-8-1-3-9(4-2-8)12-10-5-6-13-7-10/h1-7,12H. The molecule has 0 aliphatic carbocycles. The van der Waals surface area contributed by atoms with Crippen LogP contribution in [0.5, 0.6) is 0 Å². The molecule has 2 rings (SSSR count). The van der Waals surface area contributed by atoms with Gasteiger partial charge in [-0.25, -0.2) is 4.39 Å². The Hall–Kier alpha value is -1.35. The van der Waals surface area contributed by atoms with Gasteiger partial charge in [0.2, 0.25) is 0 Å². The second-order valence-corrected chi connectivity index (χ2v) is 3.42. The van der Waals surface area contributed by atoms with Crippen molar-refractivity contribution in [3.63, 3.8) is 0 Å². The van der Waals surface area contributed by atoms with Crippen molar-refractivity contribution < 1.29 is 4.39 Å². The van der Waals surface area contributed by atoms with E-state index in [9.17, 15) is 4.39 Å². The molecule has 1 aromatic heterocycles. The molecule has 13 heavy (non-hydrogen) atoms. The zero-order valence-electron chi connectivity index (χ0n) is 6.83. The summed E-state index contributed by atoms with van der Waals surface area (Å²) in [5, 5.41) is 7.15. The van der Waals surface area contributed by atoms with Crippen LogP contribution in [-0.2, 0) is 0 Å². The first-order valence-corrected chi connectivity index (χ1v) is 4.84. The average molecular weight is 193 g/mol. The topological polar surface area (TPSA) is 12.0 Å². The molecule has 0 amide bonds. The normalized spacial score (nSPS) is 9.92. The average Bonchev–Trinajstić information content (AvgIpc) is 2.62. The van der Waals surface area contributed by atoms with Crippen LogP contribution in [0.4, 0.5) is 15.8 Å². The molecule has 3 heteroatoms. The van der Waals surface area contributed by atoms with Crippen molar-refractivity contribution in [3.8, 4) is 0 Å². The molecule has 1 aromatic carbocycles. The molecule has 2 aromatic rings. The van der Waals surface area contributed by atoms with E-state index in [0.717, 1.165) is 11.4 Å². The minimum absolute atomic E-state index is 0.212. The van der Waals surface area contributed by atoms with Crippen LogP contribution in [0.3, 0.4) is 0 Å². The predicted octanol–water partition coefficient (Wildman–Crippen LogP) is 3.63. The maximum absolute atomic E-state index is 12.5. The summed E-state index contributed by atoms with van der Waals surface area (Å²) in [5.74, 6) is -0.212. The third-order valence-electron chi connectivity index (χ3n) is 1.65. The number of halogens is 1. The van der Waals surface area contributed by atoms with Gasteiger partial charge in [-0.05, 0) is 35.7 Å². The number of benzene rings is 1. The van der Waals surface area contributed by atoms with Crippen LogP contribution in [0, 0.1) is 5.82 Å². The molecule has 0 unspecified atom stereocenters. The van der Waals surface area contributed by atoms with E-state index >= 15 is 0 Å². The van der Waals surface area contributed by atoms with Crippen LogP contribution in [0.25, 0.3) is 0 Å². The Bertz CT molecular complexity index is 366. The van der Waals surface area contributed by atoms with E-state index in [1.807, 2.05) is 16.8 Å². The van der Waals surface area contributed by atoms with Crippen molar-refractivity contribution in [2.24, 2.45) is 0 Å². The molecule has 1 N–H and O–H groups in total. The minimum Gasteiger partial charge on any atom is -0.355 e. The van der Waals surface area contributed by atoms with E-state index in [-0.39, 0.29) is 5.82 Å². The van der Waals surface area contributed by atoms with E-state index in [4.69, 9.17) is 0 Å². The number of hydrogen-bond acceptors (Lipinski definition) is 2. The number of hydrogen-bond donors (Lipinski definition) is 1. The molecule has 0 spiro atoms. The van der Waals surface area contributed by atoms with Gasteiger partial charge in [-0.3, -0.25) is 0 Å². The van der Waals surface area contributed by atoms with Crippen molar-refractivity contribution in [2.75, 3.05) is 5.32 Å². The molecule has 0 fully saturated rings. The Morgan fingerprint density at radius 1 is 1.00 bits per heavy atom. The fourth-order valence-corrected chi connectivity index (χ4v) is 1.62. The minimum atomic E-state index is -0.212. The van der Waals surface area contributed by atoms with Gasteiger partial charge in [-0.1, -0.05) is 0 Å². The van der Waals surface area contributed by atoms with Crippen molar-refractivity contribution >= 4 is 22.7 Å².